The van der Waals surface area contributed by atoms with E-state index in [-0.39, 0.29) is 6.61 Å². The normalized spacial score (nSPS) is 15.9. The topological polar surface area (TPSA) is 76.5 Å². The van der Waals surface area contributed by atoms with E-state index in [9.17, 15) is 13.5 Å². The Bertz CT molecular complexity index is 413. The smallest absolute Gasteiger partial charge is 0.264 e. The molecule has 15 heavy (non-hydrogen) atoms. The van der Waals surface area contributed by atoms with Gasteiger partial charge in [0.1, 0.15) is 5.60 Å². The molecule has 1 aromatic rings. The van der Waals surface area contributed by atoms with Crippen molar-refractivity contribution in [3.05, 3.63) is 30.1 Å². The van der Waals surface area contributed by atoms with Crippen LogP contribution in [0.15, 0.2) is 24.5 Å². The second kappa shape index (κ2) is 4.26. The van der Waals surface area contributed by atoms with Crippen molar-refractivity contribution in [1.82, 2.24) is 4.98 Å². The van der Waals surface area contributed by atoms with Gasteiger partial charge in [0.15, 0.2) is 0 Å². The lowest BCUT2D eigenvalue weighted by atomic mass is 9.99. The van der Waals surface area contributed by atoms with Crippen LogP contribution in [0.1, 0.15) is 12.5 Å². The molecule has 1 atom stereocenters. The first-order valence-electron chi connectivity index (χ1n) is 4.28. The molecule has 5 nitrogen and oxygen atoms in total. The molecule has 0 radical (unpaired) electrons. The van der Waals surface area contributed by atoms with Crippen molar-refractivity contribution in [3.63, 3.8) is 0 Å². The maximum atomic E-state index is 10.8. The standard InChI is InChI=1S/C9H13NO4S/c1-9(11,7-14-15(2,12)13)8-4-3-5-10-6-8/h3-6,11H,7H2,1-2H3/t9-/m1/s1. The lowest BCUT2D eigenvalue weighted by Crippen LogP contribution is -2.29. The molecule has 1 heterocycles. The zero-order valence-corrected chi connectivity index (χ0v) is 9.36. The van der Waals surface area contributed by atoms with Crippen molar-refractivity contribution in [2.45, 2.75) is 12.5 Å². The van der Waals surface area contributed by atoms with Crippen LogP contribution in [0.2, 0.25) is 0 Å². The van der Waals surface area contributed by atoms with Gasteiger partial charge in [0.2, 0.25) is 0 Å². The molecular weight excluding hydrogens is 218 g/mol. The predicted octanol–water partition coefficient (Wildman–Crippen LogP) is 0.265. The van der Waals surface area contributed by atoms with Crippen molar-refractivity contribution in [1.29, 1.82) is 0 Å². The number of rotatable bonds is 4. The van der Waals surface area contributed by atoms with E-state index in [0.29, 0.717) is 5.56 Å². The van der Waals surface area contributed by atoms with Crippen LogP contribution in [-0.2, 0) is 19.9 Å². The van der Waals surface area contributed by atoms with E-state index in [1.54, 1.807) is 18.3 Å². The molecule has 0 spiro atoms. The van der Waals surface area contributed by atoms with E-state index < -0.39 is 15.7 Å². The maximum Gasteiger partial charge on any atom is 0.264 e. The zero-order valence-electron chi connectivity index (χ0n) is 8.54. The van der Waals surface area contributed by atoms with Crippen LogP contribution in [0.4, 0.5) is 0 Å². The summed E-state index contributed by atoms with van der Waals surface area (Å²) in [6.07, 6.45) is 3.97. The number of hydrogen-bond donors (Lipinski definition) is 1. The fourth-order valence-corrected chi connectivity index (χ4v) is 1.43. The van der Waals surface area contributed by atoms with Gasteiger partial charge >= 0.3 is 0 Å². The molecule has 1 N–H and O–H groups in total. The third kappa shape index (κ3) is 3.94. The summed E-state index contributed by atoms with van der Waals surface area (Å²) in [5.74, 6) is 0. The van der Waals surface area contributed by atoms with E-state index in [0.717, 1.165) is 6.26 Å². The SMILES string of the molecule is C[C@@](O)(COS(C)(=O)=O)c1cccnc1. The molecule has 0 aromatic carbocycles. The molecule has 1 rings (SSSR count). The highest BCUT2D eigenvalue weighted by Gasteiger charge is 2.25. The summed E-state index contributed by atoms with van der Waals surface area (Å²) in [4.78, 5) is 3.83. The highest BCUT2D eigenvalue weighted by molar-refractivity contribution is 7.85. The van der Waals surface area contributed by atoms with Gasteiger partial charge in [0.25, 0.3) is 10.1 Å². The predicted molar refractivity (Wildman–Crippen MR) is 54.6 cm³/mol. The second-order valence-corrected chi connectivity index (χ2v) is 5.13. The van der Waals surface area contributed by atoms with Crippen LogP contribution in [0.5, 0.6) is 0 Å². The lowest BCUT2D eigenvalue weighted by Gasteiger charge is -2.22. The first kappa shape index (κ1) is 12.1. The second-order valence-electron chi connectivity index (χ2n) is 3.48. The van der Waals surface area contributed by atoms with Crippen molar-refractivity contribution in [3.8, 4) is 0 Å². The van der Waals surface area contributed by atoms with Gasteiger partial charge in [0.05, 0.1) is 12.9 Å². The summed E-state index contributed by atoms with van der Waals surface area (Å²) in [5, 5.41) is 9.92. The molecule has 0 saturated heterocycles. The average Bonchev–Trinajstić information content (AvgIpc) is 2.16. The summed E-state index contributed by atoms with van der Waals surface area (Å²) < 4.78 is 26.1. The van der Waals surface area contributed by atoms with Crippen LogP contribution >= 0.6 is 0 Å². The fourth-order valence-electron chi connectivity index (χ4n) is 0.986. The van der Waals surface area contributed by atoms with E-state index in [1.165, 1.54) is 13.1 Å². The molecule has 1 aromatic heterocycles. The number of pyridine rings is 1. The molecule has 0 amide bonds. The molecule has 0 bridgehead atoms. The molecule has 0 unspecified atom stereocenters. The Labute approximate surface area is 88.9 Å². The maximum absolute atomic E-state index is 10.8. The first-order valence-corrected chi connectivity index (χ1v) is 6.10. The van der Waals surface area contributed by atoms with Gasteiger partial charge < -0.3 is 5.11 Å². The van der Waals surface area contributed by atoms with Crippen LogP contribution in [0.3, 0.4) is 0 Å². The van der Waals surface area contributed by atoms with E-state index >= 15 is 0 Å². The summed E-state index contributed by atoms with van der Waals surface area (Å²) in [7, 11) is -3.55. The molecule has 0 aliphatic rings. The van der Waals surface area contributed by atoms with Gasteiger partial charge in [-0.1, -0.05) is 6.07 Å². The fraction of sp³-hybridized carbons (Fsp3) is 0.444. The Hall–Kier alpha value is -0.980. The van der Waals surface area contributed by atoms with Crippen molar-refractivity contribution in [2.24, 2.45) is 0 Å². The molecule has 0 saturated carbocycles. The number of aromatic nitrogens is 1. The quantitative estimate of drug-likeness (QED) is 0.752. The highest BCUT2D eigenvalue weighted by atomic mass is 32.2. The monoisotopic (exact) mass is 231 g/mol. The lowest BCUT2D eigenvalue weighted by molar-refractivity contribution is 0.00979. The largest absolute Gasteiger partial charge is 0.383 e. The third-order valence-electron chi connectivity index (χ3n) is 1.84. The minimum Gasteiger partial charge on any atom is -0.383 e. The Morgan fingerprint density at radius 1 is 1.60 bits per heavy atom. The van der Waals surface area contributed by atoms with Gasteiger partial charge in [0, 0.05) is 18.0 Å². The van der Waals surface area contributed by atoms with E-state index in [4.69, 9.17) is 0 Å². The van der Waals surface area contributed by atoms with Crippen LogP contribution < -0.4 is 0 Å². The van der Waals surface area contributed by atoms with Gasteiger partial charge in [-0.2, -0.15) is 8.42 Å². The van der Waals surface area contributed by atoms with E-state index in [1.807, 2.05) is 0 Å². The van der Waals surface area contributed by atoms with Crippen molar-refractivity contribution in [2.75, 3.05) is 12.9 Å². The zero-order chi connectivity index (χ0) is 11.5. The Balaban J connectivity index is 2.76. The van der Waals surface area contributed by atoms with Crippen molar-refractivity contribution < 1.29 is 17.7 Å². The van der Waals surface area contributed by atoms with Crippen LogP contribution in [0, 0.1) is 0 Å². The number of hydrogen-bond acceptors (Lipinski definition) is 5. The summed E-state index contributed by atoms with van der Waals surface area (Å²) in [6, 6.07) is 3.31. The third-order valence-corrected chi connectivity index (χ3v) is 2.38. The number of aliphatic hydroxyl groups is 1. The van der Waals surface area contributed by atoms with Crippen LogP contribution in [-0.4, -0.2) is 31.4 Å². The Kier molecular flexibility index (Phi) is 3.43. The van der Waals surface area contributed by atoms with Gasteiger partial charge in [-0.3, -0.25) is 9.17 Å². The van der Waals surface area contributed by atoms with Crippen molar-refractivity contribution >= 4 is 10.1 Å². The van der Waals surface area contributed by atoms with Gasteiger partial charge in [-0.25, -0.2) is 0 Å². The molecular formula is C9H13NO4S. The molecule has 6 heteroatoms. The van der Waals surface area contributed by atoms with Gasteiger partial charge in [-0.05, 0) is 13.0 Å². The summed E-state index contributed by atoms with van der Waals surface area (Å²) >= 11 is 0. The summed E-state index contributed by atoms with van der Waals surface area (Å²) in [6.45, 7) is 1.15. The highest BCUT2D eigenvalue weighted by Crippen LogP contribution is 2.20. The Morgan fingerprint density at radius 3 is 2.73 bits per heavy atom. The average molecular weight is 231 g/mol. The first-order chi connectivity index (χ1) is 6.81. The molecule has 84 valence electrons. The Morgan fingerprint density at radius 2 is 2.27 bits per heavy atom. The molecule has 0 fully saturated rings. The molecule has 0 aliphatic carbocycles. The molecule has 0 aliphatic heterocycles. The van der Waals surface area contributed by atoms with Crippen LogP contribution in [0.25, 0.3) is 0 Å². The van der Waals surface area contributed by atoms with Gasteiger partial charge in [-0.15, -0.1) is 0 Å². The minimum atomic E-state index is -3.55. The van der Waals surface area contributed by atoms with E-state index in [2.05, 4.69) is 9.17 Å². The summed E-state index contributed by atoms with van der Waals surface area (Å²) in [5.41, 5.74) is -0.856. The number of nitrogens with zero attached hydrogens (tertiary/aromatic N) is 1. The minimum absolute atomic E-state index is 0.322.